The van der Waals surface area contributed by atoms with Crippen LogP contribution >= 0.6 is 0 Å². The van der Waals surface area contributed by atoms with Crippen molar-refractivity contribution in [3.05, 3.63) is 35.9 Å². The van der Waals surface area contributed by atoms with E-state index in [1.54, 1.807) is 0 Å². The topological polar surface area (TPSA) is 58.6 Å². The first-order valence-electron chi connectivity index (χ1n) is 4.74. The van der Waals surface area contributed by atoms with Crippen LogP contribution in [0.5, 0.6) is 0 Å². The summed E-state index contributed by atoms with van der Waals surface area (Å²) in [4.78, 5) is 10.9. The van der Waals surface area contributed by atoms with Crippen LogP contribution in [0.1, 0.15) is 11.6 Å². The summed E-state index contributed by atoms with van der Waals surface area (Å²) in [5.74, 6) is -0.343. The zero-order valence-electron chi connectivity index (χ0n) is 8.64. The number of benzene rings is 1. The van der Waals surface area contributed by atoms with Gasteiger partial charge in [0.1, 0.15) is 0 Å². The summed E-state index contributed by atoms with van der Waals surface area (Å²) in [7, 11) is 1.33. The maximum atomic E-state index is 10.9. The molecule has 0 radical (unpaired) electrons. The molecular weight excluding hydrogens is 194 g/mol. The first-order valence-corrected chi connectivity index (χ1v) is 4.74. The van der Waals surface area contributed by atoms with Gasteiger partial charge in [0.2, 0.25) is 0 Å². The Bertz CT molecular complexity index is 300. The molecule has 2 N–H and O–H groups in total. The Balaban J connectivity index is 2.53. The van der Waals surface area contributed by atoms with E-state index >= 15 is 0 Å². The van der Waals surface area contributed by atoms with E-state index in [1.165, 1.54) is 7.11 Å². The number of ether oxygens (including phenoxy) is 1. The van der Waals surface area contributed by atoms with Gasteiger partial charge in [-0.15, -0.1) is 0 Å². The van der Waals surface area contributed by atoms with E-state index in [2.05, 4.69) is 10.1 Å². The first-order chi connectivity index (χ1) is 7.27. The average Bonchev–Trinajstić information content (AvgIpc) is 2.31. The van der Waals surface area contributed by atoms with E-state index in [4.69, 9.17) is 5.11 Å². The van der Waals surface area contributed by atoms with Crippen molar-refractivity contribution in [2.45, 2.75) is 6.04 Å². The molecule has 1 aromatic rings. The molecule has 0 heterocycles. The fourth-order valence-electron chi connectivity index (χ4n) is 1.25. The van der Waals surface area contributed by atoms with Crippen LogP contribution in [0.3, 0.4) is 0 Å². The molecule has 0 amide bonds. The van der Waals surface area contributed by atoms with Crippen LogP contribution in [-0.4, -0.2) is 31.3 Å². The molecular formula is C11H15NO3. The Hall–Kier alpha value is -1.39. The van der Waals surface area contributed by atoms with Crippen molar-refractivity contribution in [1.29, 1.82) is 0 Å². The quantitative estimate of drug-likeness (QED) is 0.693. The minimum Gasteiger partial charge on any atom is -0.468 e. The standard InChI is InChI=1S/C11H15NO3/c1-15-11(14)7-12-10(8-13)9-5-3-2-4-6-9/h2-6,10,12-13H,7-8H2,1H3. The van der Waals surface area contributed by atoms with Gasteiger partial charge < -0.3 is 9.84 Å². The van der Waals surface area contributed by atoms with Crippen molar-refractivity contribution < 1.29 is 14.6 Å². The number of aliphatic hydroxyl groups is 1. The van der Waals surface area contributed by atoms with Crippen molar-refractivity contribution >= 4 is 5.97 Å². The fourth-order valence-corrected chi connectivity index (χ4v) is 1.25. The van der Waals surface area contributed by atoms with Crippen molar-refractivity contribution in [2.75, 3.05) is 20.3 Å². The van der Waals surface area contributed by atoms with Gasteiger partial charge in [-0.25, -0.2) is 0 Å². The minimum atomic E-state index is -0.343. The number of rotatable bonds is 5. The highest BCUT2D eigenvalue weighted by atomic mass is 16.5. The third-order valence-corrected chi connectivity index (χ3v) is 2.10. The molecule has 0 saturated carbocycles. The van der Waals surface area contributed by atoms with Crippen molar-refractivity contribution in [2.24, 2.45) is 0 Å². The summed E-state index contributed by atoms with van der Waals surface area (Å²) in [6.45, 7) is 0.0393. The molecule has 0 saturated heterocycles. The Labute approximate surface area is 88.9 Å². The van der Waals surface area contributed by atoms with Gasteiger partial charge in [-0.1, -0.05) is 30.3 Å². The number of esters is 1. The Morgan fingerprint density at radius 3 is 2.67 bits per heavy atom. The number of hydrogen-bond donors (Lipinski definition) is 2. The molecule has 15 heavy (non-hydrogen) atoms. The van der Waals surface area contributed by atoms with Gasteiger partial charge in [-0.05, 0) is 5.56 Å². The smallest absolute Gasteiger partial charge is 0.319 e. The van der Waals surface area contributed by atoms with Crippen molar-refractivity contribution in [3.63, 3.8) is 0 Å². The number of carbonyl (C=O) groups excluding carboxylic acids is 1. The highest BCUT2D eigenvalue weighted by Gasteiger charge is 2.10. The SMILES string of the molecule is COC(=O)CNC(CO)c1ccccc1. The highest BCUT2D eigenvalue weighted by molar-refractivity contribution is 5.71. The van der Waals surface area contributed by atoms with Crippen LogP contribution in [0.15, 0.2) is 30.3 Å². The number of aliphatic hydroxyl groups excluding tert-OH is 1. The Morgan fingerprint density at radius 1 is 1.47 bits per heavy atom. The highest BCUT2D eigenvalue weighted by Crippen LogP contribution is 2.10. The lowest BCUT2D eigenvalue weighted by Crippen LogP contribution is -2.30. The molecule has 82 valence electrons. The van der Waals surface area contributed by atoms with Crippen LogP contribution < -0.4 is 5.32 Å². The van der Waals surface area contributed by atoms with E-state index in [0.717, 1.165) is 5.56 Å². The molecule has 1 atom stereocenters. The molecule has 1 rings (SSSR count). The van der Waals surface area contributed by atoms with E-state index in [-0.39, 0.29) is 25.2 Å². The zero-order chi connectivity index (χ0) is 11.1. The third-order valence-electron chi connectivity index (χ3n) is 2.10. The summed E-state index contributed by atoms with van der Waals surface area (Å²) >= 11 is 0. The molecule has 0 aliphatic carbocycles. The molecule has 0 spiro atoms. The van der Waals surface area contributed by atoms with Crippen molar-refractivity contribution in [3.8, 4) is 0 Å². The first kappa shape index (κ1) is 11.7. The summed E-state index contributed by atoms with van der Waals surface area (Å²) in [5.41, 5.74) is 0.948. The van der Waals surface area contributed by atoms with E-state index in [9.17, 15) is 4.79 Å². The van der Waals surface area contributed by atoms with Gasteiger partial charge in [-0.2, -0.15) is 0 Å². The van der Waals surface area contributed by atoms with Gasteiger partial charge in [0, 0.05) is 0 Å². The zero-order valence-corrected chi connectivity index (χ0v) is 8.64. The van der Waals surface area contributed by atoms with Gasteiger partial charge in [0.15, 0.2) is 0 Å². The molecule has 0 aromatic heterocycles. The molecule has 4 nitrogen and oxygen atoms in total. The van der Waals surface area contributed by atoms with E-state index in [1.807, 2.05) is 30.3 Å². The van der Waals surface area contributed by atoms with Gasteiger partial charge in [0.25, 0.3) is 0 Å². The number of hydrogen-bond acceptors (Lipinski definition) is 4. The monoisotopic (exact) mass is 209 g/mol. The van der Waals surface area contributed by atoms with Crippen LogP contribution in [0.4, 0.5) is 0 Å². The average molecular weight is 209 g/mol. The lowest BCUT2D eigenvalue weighted by atomic mass is 10.1. The number of nitrogens with one attached hydrogen (secondary N) is 1. The summed E-state index contributed by atoms with van der Waals surface area (Å²) in [6.07, 6.45) is 0. The number of methoxy groups -OCH3 is 1. The molecule has 1 aromatic carbocycles. The lowest BCUT2D eigenvalue weighted by Gasteiger charge is -2.15. The predicted octanol–water partition coefficient (Wildman–Crippen LogP) is 0.483. The second kappa shape index (κ2) is 6.16. The minimum absolute atomic E-state index is 0.0546. The summed E-state index contributed by atoms with van der Waals surface area (Å²) in [5, 5.41) is 12.1. The van der Waals surface area contributed by atoms with Gasteiger partial charge in [-0.3, -0.25) is 10.1 Å². The maximum Gasteiger partial charge on any atom is 0.319 e. The Morgan fingerprint density at radius 2 is 2.13 bits per heavy atom. The molecule has 0 bridgehead atoms. The lowest BCUT2D eigenvalue weighted by molar-refractivity contribution is -0.139. The van der Waals surface area contributed by atoms with Gasteiger partial charge in [0.05, 0.1) is 26.3 Å². The second-order valence-electron chi connectivity index (χ2n) is 3.10. The summed E-state index contributed by atoms with van der Waals surface area (Å²) in [6, 6.07) is 9.23. The van der Waals surface area contributed by atoms with E-state index in [0.29, 0.717) is 0 Å². The number of carbonyl (C=O) groups is 1. The molecule has 1 unspecified atom stereocenters. The molecule has 0 fully saturated rings. The van der Waals surface area contributed by atoms with E-state index < -0.39 is 0 Å². The van der Waals surface area contributed by atoms with Crippen LogP contribution in [0.2, 0.25) is 0 Å². The van der Waals surface area contributed by atoms with Gasteiger partial charge >= 0.3 is 5.97 Å². The normalized spacial score (nSPS) is 12.1. The largest absolute Gasteiger partial charge is 0.468 e. The molecule has 4 heteroatoms. The van der Waals surface area contributed by atoms with Crippen molar-refractivity contribution in [1.82, 2.24) is 5.32 Å². The fraction of sp³-hybridized carbons (Fsp3) is 0.364. The van der Waals surface area contributed by atoms with Crippen LogP contribution in [-0.2, 0) is 9.53 Å². The molecule has 0 aliphatic heterocycles. The summed E-state index contributed by atoms with van der Waals surface area (Å²) < 4.78 is 4.50. The predicted molar refractivity (Wildman–Crippen MR) is 56.3 cm³/mol. The second-order valence-corrected chi connectivity index (χ2v) is 3.10. The molecule has 0 aliphatic rings. The van der Waals surface area contributed by atoms with Crippen LogP contribution in [0.25, 0.3) is 0 Å². The Kier molecular flexibility index (Phi) is 4.80. The third kappa shape index (κ3) is 3.69. The maximum absolute atomic E-state index is 10.9. The van der Waals surface area contributed by atoms with Crippen LogP contribution in [0, 0.1) is 0 Å².